The molecule has 0 aliphatic carbocycles. The molecule has 1 aromatic rings. The number of nitrogens with zero attached hydrogens (tertiary/aromatic N) is 1. The zero-order valence-electron chi connectivity index (χ0n) is 9.13. The Balaban J connectivity index is 3.12. The fraction of sp³-hybridized carbons (Fsp3) is 0.455. The van der Waals surface area contributed by atoms with Crippen LogP contribution >= 0.6 is 11.6 Å². The topological polar surface area (TPSA) is 39.2 Å². The van der Waals surface area contributed by atoms with Gasteiger partial charge in [0.15, 0.2) is 0 Å². The van der Waals surface area contributed by atoms with Crippen LogP contribution in [0.2, 0.25) is 5.15 Å². The molecule has 0 N–H and O–H groups in total. The maximum absolute atomic E-state index is 11.5. The molecular formula is C11H14ClNO2. The molecular weight excluding hydrogens is 214 g/mol. The van der Waals surface area contributed by atoms with E-state index in [1.807, 2.05) is 6.92 Å². The molecule has 0 aliphatic heterocycles. The van der Waals surface area contributed by atoms with Gasteiger partial charge in [-0.2, -0.15) is 0 Å². The van der Waals surface area contributed by atoms with Crippen molar-refractivity contribution in [1.82, 2.24) is 4.98 Å². The van der Waals surface area contributed by atoms with E-state index >= 15 is 0 Å². The summed E-state index contributed by atoms with van der Waals surface area (Å²) in [6.45, 7) is 5.85. The zero-order valence-corrected chi connectivity index (χ0v) is 9.89. The van der Waals surface area contributed by atoms with Crippen LogP contribution in [0.1, 0.15) is 35.5 Å². The molecule has 1 heterocycles. The van der Waals surface area contributed by atoms with Gasteiger partial charge in [0.2, 0.25) is 0 Å². The Hall–Kier alpha value is -1.09. The van der Waals surface area contributed by atoms with E-state index in [-0.39, 0.29) is 5.97 Å². The fourth-order valence-electron chi connectivity index (χ4n) is 1.28. The maximum atomic E-state index is 11.5. The first-order valence-electron chi connectivity index (χ1n) is 4.93. The van der Waals surface area contributed by atoms with E-state index in [1.54, 1.807) is 19.9 Å². The van der Waals surface area contributed by atoms with Gasteiger partial charge in [0.25, 0.3) is 0 Å². The fourth-order valence-corrected chi connectivity index (χ4v) is 1.60. The highest BCUT2D eigenvalue weighted by Gasteiger charge is 2.13. The summed E-state index contributed by atoms with van der Waals surface area (Å²) in [5.41, 5.74) is 1.97. The standard InChI is InChI=1S/C11H14ClNO2/c1-4-8-6-9(11(14)15-5-2)7(3)13-10(8)12/h6H,4-5H2,1-3H3. The van der Waals surface area contributed by atoms with E-state index in [0.717, 1.165) is 12.0 Å². The molecule has 0 aromatic carbocycles. The van der Waals surface area contributed by atoms with Crippen LogP contribution in [-0.4, -0.2) is 17.6 Å². The number of hydrogen-bond donors (Lipinski definition) is 0. The second-order valence-corrected chi connectivity index (χ2v) is 3.50. The summed E-state index contributed by atoms with van der Waals surface area (Å²) >= 11 is 5.92. The Bertz CT molecular complexity index is 377. The molecule has 1 aromatic heterocycles. The zero-order chi connectivity index (χ0) is 11.4. The molecule has 0 unspecified atom stereocenters. The minimum absolute atomic E-state index is 0.339. The van der Waals surface area contributed by atoms with Crippen molar-refractivity contribution in [2.75, 3.05) is 6.61 Å². The Labute approximate surface area is 94.4 Å². The van der Waals surface area contributed by atoms with Gasteiger partial charge in [-0.3, -0.25) is 0 Å². The van der Waals surface area contributed by atoms with Gasteiger partial charge < -0.3 is 4.74 Å². The highest BCUT2D eigenvalue weighted by molar-refractivity contribution is 6.30. The molecule has 0 fully saturated rings. The molecule has 4 heteroatoms. The van der Waals surface area contributed by atoms with E-state index in [4.69, 9.17) is 16.3 Å². The van der Waals surface area contributed by atoms with Crippen LogP contribution in [0.4, 0.5) is 0 Å². The number of halogens is 1. The van der Waals surface area contributed by atoms with Gasteiger partial charge in [0, 0.05) is 0 Å². The Kier molecular flexibility index (Phi) is 4.09. The van der Waals surface area contributed by atoms with Crippen LogP contribution in [-0.2, 0) is 11.2 Å². The number of ether oxygens (including phenoxy) is 1. The third-order valence-electron chi connectivity index (χ3n) is 2.12. The van der Waals surface area contributed by atoms with Crippen LogP contribution in [0.25, 0.3) is 0 Å². The van der Waals surface area contributed by atoms with Gasteiger partial charge in [-0.05, 0) is 31.9 Å². The highest BCUT2D eigenvalue weighted by atomic mass is 35.5. The number of aromatic nitrogens is 1. The third-order valence-corrected chi connectivity index (χ3v) is 2.44. The van der Waals surface area contributed by atoms with Gasteiger partial charge >= 0.3 is 5.97 Å². The lowest BCUT2D eigenvalue weighted by molar-refractivity contribution is 0.0525. The molecule has 0 radical (unpaired) electrons. The smallest absolute Gasteiger partial charge is 0.339 e. The van der Waals surface area contributed by atoms with E-state index in [9.17, 15) is 4.79 Å². The molecule has 1 rings (SSSR count). The van der Waals surface area contributed by atoms with Crippen LogP contribution < -0.4 is 0 Å². The van der Waals surface area contributed by atoms with Crippen molar-refractivity contribution in [2.24, 2.45) is 0 Å². The van der Waals surface area contributed by atoms with Gasteiger partial charge in [-0.25, -0.2) is 9.78 Å². The molecule has 0 atom stereocenters. The van der Waals surface area contributed by atoms with Crippen molar-refractivity contribution in [3.05, 3.63) is 28.0 Å². The Morgan fingerprint density at radius 3 is 2.73 bits per heavy atom. The van der Waals surface area contributed by atoms with Crippen molar-refractivity contribution in [1.29, 1.82) is 0 Å². The number of pyridine rings is 1. The average molecular weight is 228 g/mol. The Morgan fingerprint density at radius 2 is 2.20 bits per heavy atom. The van der Waals surface area contributed by atoms with Gasteiger partial charge in [0.1, 0.15) is 5.15 Å². The van der Waals surface area contributed by atoms with Crippen LogP contribution in [0.5, 0.6) is 0 Å². The average Bonchev–Trinajstić information content (AvgIpc) is 2.18. The van der Waals surface area contributed by atoms with Gasteiger partial charge in [-0.1, -0.05) is 18.5 Å². The third kappa shape index (κ3) is 2.69. The lowest BCUT2D eigenvalue weighted by Crippen LogP contribution is -2.09. The van der Waals surface area contributed by atoms with E-state index in [1.165, 1.54) is 0 Å². The first-order valence-corrected chi connectivity index (χ1v) is 5.31. The first kappa shape index (κ1) is 12.0. The van der Waals surface area contributed by atoms with Crippen molar-refractivity contribution in [2.45, 2.75) is 27.2 Å². The summed E-state index contributed by atoms with van der Waals surface area (Å²) in [7, 11) is 0. The minimum atomic E-state index is -0.339. The molecule has 0 saturated heterocycles. The predicted molar refractivity (Wildman–Crippen MR) is 59.3 cm³/mol. The molecule has 0 saturated carbocycles. The summed E-state index contributed by atoms with van der Waals surface area (Å²) in [5, 5.41) is 0.461. The van der Waals surface area contributed by atoms with Gasteiger partial charge in [-0.15, -0.1) is 0 Å². The summed E-state index contributed by atoms with van der Waals surface area (Å²) < 4.78 is 4.93. The van der Waals surface area contributed by atoms with Crippen molar-refractivity contribution in [3.63, 3.8) is 0 Å². The maximum Gasteiger partial charge on any atom is 0.339 e. The molecule has 15 heavy (non-hydrogen) atoms. The number of carbonyl (C=O) groups is 1. The summed E-state index contributed by atoms with van der Waals surface area (Å²) in [4.78, 5) is 15.7. The number of esters is 1. The predicted octanol–water partition coefficient (Wildman–Crippen LogP) is 2.78. The largest absolute Gasteiger partial charge is 0.462 e. The highest BCUT2D eigenvalue weighted by Crippen LogP contribution is 2.18. The van der Waals surface area contributed by atoms with Crippen LogP contribution in [0.3, 0.4) is 0 Å². The summed E-state index contributed by atoms with van der Waals surface area (Å²) in [5.74, 6) is -0.339. The van der Waals surface area contributed by atoms with Crippen LogP contribution in [0.15, 0.2) is 6.07 Å². The molecule has 82 valence electrons. The van der Waals surface area contributed by atoms with E-state index in [2.05, 4.69) is 4.98 Å². The SMILES string of the molecule is CCOC(=O)c1cc(CC)c(Cl)nc1C. The molecule has 0 spiro atoms. The number of hydrogen-bond acceptors (Lipinski definition) is 3. The molecule has 3 nitrogen and oxygen atoms in total. The first-order chi connectivity index (χ1) is 7.10. The normalized spacial score (nSPS) is 10.1. The number of aryl methyl sites for hydroxylation is 2. The van der Waals surface area contributed by atoms with Crippen LogP contribution in [0, 0.1) is 6.92 Å². The van der Waals surface area contributed by atoms with E-state index in [0.29, 0.717) is 23.0 Å². The van der Waals surface area contributed by atoms with E-state index < -0.39 is 0 Å². The number of rotatable bonds is 3. The minimum Gasteiger partial charge on any atom is -0.462 e. The lowest BCUT2D eigenvalue weighted by atomic mass is 10.1. The monoisotopic (exact) mass is 227 g/mol. The second kappa shape index (κ2) is 5.12. The van der Waals surface area contributed by atoms with Crippen molar-refractivity contribution >= 4 is 17.6 Å². The summed E-state index contributed by atoms with van der Waals surface area (Å²) in [6, 6.07) is 1.75. The second-order valence-electron chi connectivity index (χ2n) is 3.15. The molecule has 0 aliphatic rings. The molecule has 0 bridgehead atoms. The lowest BCUT2D eigenvalue weighted by Gasteiger charge is -2.08. The van der Waals surface area contributed by atoms with Crippen molar-refractivity contribution in [3.8, 4) is 0 Å². The quantitative estimate of drug-likeness (QED) is 0.589. The van der Waals surface area contributed by atoms with Gasteiger partial charge in [0.05, 0.1) is 17.9 Å². The Morgan fingerprint density at radius 1 is 1.53 bits per heavy atom. The number of carbonyl (C=O) groups excluding carboxylic acids is 1. The molecule has 0 amide bonds. The van der Waals surface area contributed by atoms with Crippen molar-refractivity contribution < 1.29 is 9.53 Å². The summed E-state index contributed by atoms with van der Waals surface area (Å²) in [6.07, 6.45) is 0.749.